The molecule has 0 saturated carbocycles. The van der Waals surface area contributed by atoms with Gasteiger partial charge in [-0.2, -0.15) is 0 Å². The molecule has 1 saturated heterocycles. The van der Waals surface area contributed by atoms with Crippen molar-refractivity contribution >= 4 is 23.4 Å². The summed E-state index contributed by atoms with van der Waals surface area (Å²) in [6.07, 6.45) is 3.15. The van der Waals surface area contributed by atoms with Gasteiger partial charge in [0.15, 0.2) is 6.61 Å². The highest BCUT2D eigenvalue weighted by Gasteiger charge is 2.30. The molecule has 2 aliphatic heterocycles. The SMILES string of the molecule is CC(=O)NCCNC(=O)c1ccccc1C1CCCCN1CCN1C(=O)COc2ccccc21. The Kier molecular flexibility index (Phi) is 7.80. The van der Waals surface area contributed by atoms with Gasteiger partial charge >= 0.3 is 0 Å². The number of amides is 3. The molecule has 4 rings (SSSR count). The lowest BCUT2D eigenvalue weighted by Gasteiger charge is -2.38. The van der Waals surface area contributed by atoms with E-state index in [0.29, 0.717) is 31.7 Å². The summed E-state index contributed by atoms with van der Waals surface area (Å²) in [4.78, 5) is 40.8. The van der Waals surface area contributed by atoms with Crippen LogP contribution < -0.4 is 20.3 Å². The number of rotatable bonds is 8. The first-order valence-electron chi connectivity index (χ1n) is 11.9. The van der Waals surface area contributed by atoms with Gasteiger partial charge in [-0.05, 0) is 43.1 Å². The minimum atomic E-state index is -0.135. The lowest BCUT2D eigenvalue weighted by atomic mass is 9.91. The van der Waals surface area contributed by atoms with Crippen LogP contribution in [0.1, 0.15) is 48.1 Å². The molecule has 2 N–H and O–H groups in total. The van der Waals surface area contributed by atoms with Crippen molar-refractivity contribution in [2.75, 3.05) is 44.2 Å². The Bertz CT molecular complexity index is 1040. The molecule has 2 aromatic rings. The number of fused-ring (bicyclic) bond motifs is 1. The molecule has 8 nitrogen and oxygen atoms in total. The van der Waals surface area contributed by atoms with Gasteiger partial charge in [0.2, 0.25) is 5.91 Å². The van der Waals surface area contributed by atoms with E-state index < -0.39 is 0 Å². The highest BCUT2D eigenvalue weighted by Crippen LogP contribution is 2.34. The maximum Gasteiger partial charge on any atom is 0.265 e. The van der Waals surface area contributed by atoms with E-state index in [9.17, 15) is 14.4 Å². The molecule has 3 amide bonds. The van der Waals surface area contributed by atoms with Gasteiger partial charge in [0.1, 0.15) is 5.75 Å². The monoisotopic (exact) mass is 464 g/mol. The van der Waals surface area contributed by atoms with Crippen LogP contribution in [0.2, 0.25) is 0 Å². The van der Waals surface area contributed by atoms with E-state index in [-0.39, 0.29) is 30.4 Å². The zero-order valence-electron chi connectivity index (χ0n) is 19.6. The molecule has 0 spiro atoms. The fourth-order valence-corrected chi connectivity index (χ4v) is 4.74. The van der Waals surface area contributed by atoms with E-state index in [1.54, 1.807) is 0 Å². The fraction of sp³-hybridized carbons (Fsp3) is 0.423. The number of nitrogens with zero attached hydrogens (tertiary/aromatic N) is 2. The third-order valence-corrected chi connectivity index (χ3v) is 6.38. The largest absolute Gasteiger partial charge is 0.482 e. The van der Waals surface area contributed by atoms with Crippen molar-refractivity contribution in [2.24, 2.45) is 0 Å². The third-order valence-electron chi connectivity index (χ3n) is 6.38. The first-order valence-corrected chi connectivity index (χ1v) is 11.9. The number of likely N-dealkylation sites (tertiary alicyclic amines) is 1. The summed E-state index contributed by atoms with van der Waals surface area (Å²) < 4.78 is 5.57. The number of carbonyl (C=O) groups is 3. The number of nitrogens with one attached hydrogen (secondary N) is 2. The van der Waals surface area contributed by atoms with Gasteiger partial charge in [0, 0.05) is 44.7 Å². The predicted molar refractivity (Wildman–Crippen MR) is 130 cm³/mol. The summed E-state index contributed by atoms with van der Waals surface area (Å²) in [5, 5.41) is 5.60. The Morgan fingerprint density at radius 1 is 1.00 bits per heavy atom. The van der Waals surface area contributed by atoms with Crippen molar-refractivity contribution < 1.29 is 19.1 Å². The summed E-state index contributed by atoms with van der Waals surface area (Å²) in [7, 11) is 0. The van der Waals surface area contributed by atoms with Crippen molar-refractivity contribution in [1.82, 2.24) is 15.5 Å². The Morgan fingerprint density at radius 3 is 2.62 bits per heavy atom. The first-order chi connectivity index (χ1) is 16.5. The second kappa shape index (κ2) is 11.2. The third kappa shape index (κ3) is 5.56. The smallest absolute Gasteiger partial charge is 0.265 e. The van der Waals surface area contributed by atoms with Crippen LogP contribution in [0, 0.1) is 0 Å². The Labute approximate surface area is 200 Å². The zero-order chi connectivity index (χ0) is 23.9. The molecular weight excluding hydrogens is 432 g/mol. The average Bonchev–Trinajstić information content (AvgIpc) is 2.86. The molecule has 180 valence electrons. The molecule has 0 bridgehead atoms. The maximum atomic E-state index is 12.9. The summed E-state index contributed by atoms with van der Waals surface area (Å²) in [6, 6.07) is 15.5. The van der Waals surface area contributed by atoms with E-state index in [1.165, 1.54) is 6.92 Å². The van der Waals surface area contributed by atoms with Gasteiger partial charge in [-0.15, -0.1) is 0 Å². The van der Waals surface area contributed by atoms with Crippen molar-refractivity contribution in [1.29, 1.82) is 0 Å². The number of ether oxygens (including phenoxy) is 1. The van der Waals surface area contributed by atoms with Crippen molar-refractivity contribution in [3.8, 4) is 5.75 Å². The molecule has 0 aromatic heterocycles. The van der Waals surface area contributed by atoms with E-state index in [0.717, 1.165) is 42.8 Å². The van der Waals surface area contributed by atoms with Crippen molar-refractivity contribution in [2.45, 2.75) is 32.2 Å². The topological polar surface area (TPSA) is 91.0 Å². The molecule has 0 aliphatic carbocycles. The van der Waals surface area contributed by atoms with Crippen molar-refractivity contribution in [3.05, 3.63) is 59.7 Å². The summed E-state index contributed by atoms with van der Waals surface area (Å²) >= 11 is 0. The molecule has 2 aliphatic rings. The van der Waals surface area contributed by atoms with E-state index in [2.05, 4.69) is 15.5 Å². The number of para-hydroxylation sites is 2. The number of carbonyl (C=O) groups excluding carboxylic acids is 3. The van der Waals surface area contributed by atoms with Gasteiger partial charge in [0.25, 0.3) is 11.8 Å². The fourth-order valence-electron chi connectivity index (χ4n) is 4.74. The molecule has 2 aromatic carbocycles. The summed E-state index contributed by atoms with van der Waals surface area (Å²) in [5.74, 6) is 0.447. The van der Waals surface area contributed by atoms with Gasteiger partial charge in [0.05, 0.1) is 5.69 Å². The molecule has 1 unspecified atom stereocenters. The lowest BCUT2D eigenvalue weighted by Crippen LogP contribution is -2.45. The van der Waals surface area contributed by atoms with Gasteiger partial charge in [-0.1, -0.05) is 36.8 Å². The van der Waals surface area contributed by atoms with Crippen LogP contribution in [-0.4, -0.2) is 62.0 Å². The molecule has 8 heteroatoms. The van der Waals surface area contributed by atoms with Crippen LogP contribution in [0.25, 0.3) is 0 Å². The molecule has 2 heterocycles. The molecule has 1 atom stereocenters. The second-order valence-electron chi connectivity index (χ2n) is 8.68. The zero-order valence-corrected chi connectivity index (χ0v) is 19.6. The maximum absolute atomic E-state index is 12.9. The van der Waals surface area contributed by atoms with Crippen LogP contribution >= 0.6 is 0 Å². The van der Waals surface area contributed by atoms with Crippen LogP contribution in [0.5, 0.6) is 5.75 Å². The van der Waals surface area contributed by atoms with E-state index >= 15 is 0 Å². The summed E-state index contributed by atoms with van der Waals surface area (Å²) in [5.41, 5.74) is 2.48. The van der Waals surface area contributed by atoms with Crippen LogP contribution in [0.3, 0.4) is 0 Å². The minimum absolute atomic E-state index is 0.0359. The van der Waals surface area contributed by atoms with Crippen LogP contribution in [-0.2, 0) is 9.59 Å². The number of anilines is 1. The van der Waals surface area contributed by atoms with E-state index in [4.69, 9.17) is 4.74 Å². The second-order valence-corrected chi connectivity index (χ2v) is 8.68. The number of piperidine rings is 1. The molecule has 1 fully saturated rings. The van der Waals surface area contributed by atoms with Gasteiger partial charge in [-0.25, -0.2) is 0 Å². The van der Waals surface area contributed by atoms with Crippen LogP contribution in [0.4, 0.5) is 5.69 Å². The normalized spacial score (nSPS) is 18.1. The van der Waals surface area contributed by atoms with Gasteiger partial charge < -0.3 is 20.3 Å². The predicted octanol–water partition coefficient (Wildman–Crippen LogP) is 2.51. The molecule has 0 radical (unpaired) electrons. The first kappa shape index (κ1) is 23.8. The Balaban J connectivity index is 1.46. The lowest BCUT2D eigenvalue weighted by molar-refractivity contribution is -0.121. The quantitative estimate of drug-likeness (QED) is 0.586. The number of benzene rings is 2. The summed E-state index contributed by atoms with van der Waals surface area (Å²) in [6.45, 7) is 4.49. The van der Waals surface area contributed by atoms with Crippen LogP contribution in [0.15, 0.2) is 48.5 Å². The van der Waals surface area contributed by atoms with E-state index in [1.807, 2.05) is 53.4 Å². The highest BCUT2D eigenvalue weighted by molar-refractivity contribution is 5.98. The van der Waals surface area contributed by atoms with Gasteiger partial charge in [-0.3, -0.25) is 19.3 Å². The molecular formula is C26H32N4O4. The Morgan fingerprint density at radius 2 is 1.76 bits per heavy atom. The highest BCUT2D eigenvalue weighted by atomic mass is 16.5. The standard InChI is InChI=1S/C26H32N4O4/c1-19(31)27-13-14-28-26(33)21-9-3-2-8-20(21)22-10-6-7-15-29(22)16-17-30-23-11-4-5-12-24(23)34-18-25(30)32/h2-5,8-9,11-12,22H,6-7,10,13-18H2,1H3,(H,27,31)(H,28,33). The minimum Gasteiger partial charge on any atom is -0.482 e. The number of hydrogen-bond donors (Lipinski definition) is 2. The average molecular weight is 465 g/mol. The number of hydrogen-bond acceptors (Lipinski definition) is 5. The van der Waals surface area contributed by atoms with Crippen molar-refractivity contribution in [3.63, 3.8) is 0 Å². The Hall–Kier alpha value is -3.39. The molecule has 34 heavy (non-hydrogen) atoms.